The number of carbonyl (C=O) groups excluding carboxylic acids is 1. The maximum atomic E-state index is 12.0. The topological polar surface area (TPSA) is 99.5 Å². The van der Waals surface area contributed by atoms with Gasteiger partial charge < -0.3 is 15.5 Å². The number of fused-ring (bicyclic) bond motifs is 1. The number of aliphatic hydroxyl groups excluding tert-OH is 1. The van der Waals surface area contributed by atoms with E-state index in [-0.39, 0.29) is 5.69 Å². The summed E-state index contributed by atoms with van der Waals surface area (Å²) in [5.74, 6) is -1.92. The first-order chi connectivity index (χ1) is 9.13. The molecule has 2 rings (SSSR count). The number of hydrogen-bond donors (Lipinski definition) is 3. The second-order valence-corrected chi connectivity index (χ2v) is 3.93. The standard InChI is InChI=1S/C13H12N2O4/c16-7-10(13(18)19)15-12(17)11-9-4-2-1-3-8(9)5-6-14-11/h1-6,10,16H,7H2,(H,15,17)(H,18,19)/t10-/m0/s1. The van der Waals surface area contributed by atoms with Gasteiger partial charge in [0.15, 0.2) is 6.04 Å². The van der Waals surface area contributed by atoms with E-state index in [2.05, 4.69) is 10.3 Å². The molecular formula is C13H12N2O4. The number of pyridine rings is 1. The Balaban J connectivity index is 2.34. The van der Waals surface area contributed by atoms with Crippen LogP contribution in [0.15, 0.2) is 36.5 Å². The lowest BCUT2D eigenvalue weighted by Crippen LogP contribution is -2.43. The summed E-state index contributed by atoms with van der Waals surface area (Å²) in [5, 5.41) is 21.4. The molecule has 0 unspecified atom stereocenters. The number of aliphatic carboxylic acids is 1. The molecule has 6 heteroatoms. The summed E-state index contributed by atoms with van der Waals surface area (Å²) < 4.78 is 0. The Kier molecular flexibility index (Phi) is 3.72. The lowest BCUT2D eigenvalue weighted by Gasteiger charge is -2.12. The van der Waals surface area contributed by atoms with E-state index < -0.39 is 24.5 Å². The summed E-state index contributed by atoms with van der Waals surface area (Å²) in [5.41, 5.74) is 0.137. The van der Waals surface area contributed by atoms with E-state index in [0.29, 0.717) is 5.39 Å². The molecule has 1 aromatic carbocycles. The van der Waals surface area contributed by atoms with Gasteiger partial charge in [0, 0.05) is 11.6 Å². The molecule has 0 radical (unpaired) electrons. The van der Waals surface area contributed by atoms with Gasteiger partial charge in [-0.2, -0.15) is 0 Å². The molecule has 3 N–H and O–H groups in total. The van der Waals surface area contributed by atoms with Crippen LogP contribution >= 0.6 is 0 Å². The van der Waals surface area contributed by atoms with Gasteiger partial charge in [-0.05, 0) is 11.5 Å². The maximum absolute atomic E-state index is 12.0. The highest BCUT2D eigenvalue weighted by molar-refractivity contribution is 6.06. The predicted octanol–water partition coefficient (Wildman–Crippen LogP) is 0.410. The molecule has 0 aliphatic rings. The Morgan fingerprint density at radius 1 is 1.26 bits per heavy atom. The van der Waals surface area contributed by atoms with Crippen molar-refractivity contribution in [3.8, 4) is 0 Å². The van der Waals surface area contributed by atoms with E-state index in [0.717, 1.165) is 5.39 Å². The fraction of sp³-hybridized carbons (Fsp3) is 0.154. The van der Waals surface area contributed by atoms with Gasteiger partial charge in [0.25, 0.3) is 5.91 Å². The fourth-order valence-electron chi connectivity index (χ4n) is 1.71. The predicted molar refractivity (Wildman–Crippen MR) is 67.7 cm³/mol. The Morgan fingerprint density at radius 3 is 2.68 bits per heavy atom. The average molecular weight is 260 g/mol. The molecule has 0 saturated heterocycles. The van der Waals surface area contributed by atoms with Crippen LogP contribution in [0, 0.1) is 0 Å². The number of carboxylic acid groups (broad SMARTS) is 1. The van der Waals surface area contributed by atoms with Gasteiger partial charge >= 0.3 is 5.97 Å². The van der Waals surface area contributed by atoms with Crippen molar-refractivity contribution in [2.75, 3.05) is 6.61 Å². The first-order valence-corrected chi connectivity index (χ1v) is 5.61. The van der Waals surface area contributed by atoms with Crippen molar-refractivity contribution in [3.63, 3.8) is 0 Å². The smallest absolute Gasteiger partial charge is 0.328 e. The molecule has 19 heavy (non-hydrogen) atoms. The van der Waals surface area contributed by atoms with Gasteiger partial charge in [-0.1, -0.05) is 24.3 Å². The van der Waals surface area contributed by atoms with Gasteiger partial charge in [-0.15, -0.1) is 0 Å². The molecule has 6 nitrogen and oxygen atoms in total. The van der Waals surface area contributed by atoms with Crippen molar-refractivity contribution in [2.45, 2.75) is 6.04 Å². The van der Waals surface area contributed by atoms with Crippen LogP contribution in [0.4, 0.5) is 0 Å². The van der Waals surface area contributed by atoms with Gasteiger partial charge in [0.2, 0.25) is 0 Å². The monoisotopic (exact) mass is 260 g/mol. The Morgan fingerprint density at radius 2 is 2.00 bits per heavy atom. The van der Waals surface area contributed by atoms with Crippen LogP contribution in [0.3, 0.4) is 0 Å². The molecular weight excluding hydrogens is 248 g/mol. The molecule has 98 valence electrons. The van der Waals surface area contributed by atoms with Gasteiger partial charge in [0.1, 0.15) is 5.69 Å². The molecule has 0 aliphatic heterocycles. The zero-order valence-corrected chi connectivity index (χ0v) is 9.91. The second-order valence-electron chi connectivity index (χ2n) is 3.93. The van der Waals surface area contributed by atoms with Crippen LogP contribution in [0.5, 0.6) is 0 Å². The Labute approximate surface area is 108 Å². The third kappa shape index (κ3) is 2.69. The molecule has 1 heterocycles. The lowest BCUT2D eigenvalue weighted by molar-refractivity contribution is -0.140. The quantitative estimate of drug-likeness (QED) is 0.739. The molecule has 0 fully saturated rings. The van der Waals surface area contributed by atoms with Crippen LogP contribution in [0.25, 0.3) is 10.8 Å². The third-order valence-electron chi connectivity index (χ3n) is 2.67. The van der Waals surface area contributed by atoms with Crippen LogP contribution in [0.2, 0.25) is 0 Å². The number of nitrogens with zero attached hydrogens (tertiary/aromatic N) is 1. The number of nitrogens with one attached hydrogen (secondary N) is 1. The zero-order chi connectivity index (χ0) is 13.8. The Hall–Kier alpha value is -2.47. The highest BCUT2D eigenvalue weighted by Gasteiger charge is 2.21. The molecule has 1 aromatic heterocycles. The van der Waals surface area contributed by atoms with Crippen molar-refractivity contribution in [1.29, 1.82) is 0 Å². The highest BCUT2D eigenvalue weighted by Crippen LogP contribution is 2.16. The van der Waals surface area contributed by atoms with Crippen LogP contribution in [-0.2, 0) is 4.79 Å². The molecule has 0 aliphatic carbocycles. The molecule has 1 amide bonds. The molecule has 0 saturated carbocycles. The summed E-state index contributed by atoms with van der Waals surface area (Å²) in [6.45, 7) is -0.675. The zero-order valence-electron chi connectivity index (χ0n) is 9.91. The van der Waals surface area contributed by atoms with Gasteiger partial charge in [-0.3, -0.25) is 9.78 Å². The summed E-state index contributed by atoms with van der Waals surface area (Å²) >= 11 is 0. The normalized spacial score (nSPS) is 12.1. The highest BCUT2D eigenvalue weighted by atomic mass is 16.4. The van der Waals surface area contributed by atoms with Crippen molar-refractivity contribution < 1.29 is 19.8 Å². The van der Waals surface area contributed by atoms with Crippen LogP contribution in [-0.4, -0.2) is 39.7 Å². The van der Waals surface area contributed by atoms with Crippen molar-refractivity contribution >= 4 is 22.6 Å². The van der Waals surface area contributed by atoms with Crippen LogP contribution in [0.1, 0.15) is 10.5 Å². The SMILES string of the molecule is O=C(N[C@@H](CO)C(=O)O)c1nccc2ccccc12. The van der Waals surface area contributed by atoms with Gasteiger partial charge in [0.05, 0.1) is 6.61 Å². The minimum Gasteiger partial charge on any atom is -0.480 e. The number of benzene rings is 1. The van der Waals surface area contributed by atoms with Gasteiger partial charge in [-0.25, -0.2) is 4.79 Å². The average Bonchev–Trinajstić information content (AvgIpc) is 2.43. The van der Waals surface area contributed by atoms with Crippen LogP contribution < -0.4 is 5.32 Å². The van der Waals surface area contributed by atoms with E-state index >= 15 is 0 Å². The summed E-state index contributed by atoms with van der Waals surface area (Å²) in [6.07, 6.45) is 1.48. The Bertz CT molecular complexity index is 622. The van der Waals surface area contributed by atoms with E-state index in [9.17, 15) is 9.59 Å². The summed E-state index contributed by atoms with van der Waals surface area (Å²) in [6, 6.07) is 7.57. The number of carboxylic acids is 1. The number of rotatable bonds is 4. The minimum atomic E-state index is -1.34. The third-order valence-corrected chi connectivity index (χ3v) is 2.67. The minimum absolute atomic E-state index is 0.137. The fourth-order valence-corrected chi connectivity index (χ4v) is 1.71. The van der Waals surface area contributed by atoms with E-state index in [1.165, 1.54) is 6.20 Å². The molecule has 1 atom stereocenters. The summed E-state index contributed by atoms with van der Waals surface area (Å²) in [4.78, 5) is 26.7. The van der Waals surface area contributed by atoms with E-state index in [1.54, 1.807) is 18.2 Å². The van der Waals surface area contributed by atoms with Crippen molar-refractivity contribution in [2.24, 2.45) is 0 Å². The lowest BCUT2D eigenvalue weighted by atomic mass is 10.1. The number of hydrogen-bond acceptors (Lipinski definition) is 4. The second kappa shape index (κ2) is 5.45. The largest absolute Gasteiger partial charge is 0.480 e. The number of aliphatic hydroxyl groups is 1. The maximum Gasteiger partial charge on any atom is 0.328 e. The number of amides is 1. The molecule has 2 aromatic rings. The van der Waals surface area contributed by atoms with Crippen molar-refractivity contribution in [3.05, 3.63) is 42.2 Å². The first-order valence-electron chi connectivity index (χ1n) is 5.61. The summed E-state index contributed by atoms with van der Waals surface area (Å²) in [7, 11) is 0. The first kappa shape index (κ1) is 13.0. The van der Waals surface area contributed by atoms with E-state index in [1.807, 2.05) is 12.1 Å². The molecule has 0 bridgehead atoms. The van der Waals surface area contributed by atoms with E-state index in [4.69, 9.17) is 10.2 Å². The number of carbonyl (C=O) groups is 2. The number of aromatic nitrogens is 1. The molecule has 0 spiro atoms. The van der Waals surface area contributed by atoms with Crippen molar-refractivity contribution in [1.82, 2.24) is 10.3 Å².